The number of esters is 1. The lowest BCUT2D eigenvalue weighted by Crippen LogP contribution is -2.06. The van der Waals surface area contributed by atoms with Gasteiger partial charge in [0, 0.05) is 11.1 Å². The molecule has 0 unspecified atom stereocenters. The maximum absolute atomic E-state index is 11.8. The van der Waals surface area contributed by atoms with Crippen LogP contribution in [-0.2, 0) is 4.79 Å². The molecule has 0 aromatic heterocycles. The van der Waals surface area contributed by atoms with E-state index in [-0.39, 0.29) is 16.3 Å². The molecule has 0 saturated heterocycles. The molecule has 0 saturated carbocycles. The van der Waals surface area contributed by atoms with Gasteiger partial charge in [-0.25, -0.2) is 4.79 Å². The number of benzene rings is 2. The highest BCUT2D eigenvalue weighted by molar-refractivity contribution is 6.36. The monoisotopic (exact) mass is 334 g/mol. The fourth-order valence-corrected chi connectivity index (χ4v) is 2.30. The molecule has 112 valence electrons. The Bertz CT molecular complexity index is 734. The zero-order chi connectivity index (χ0) is 16.1. The second kappa shape index (κ2) is 7.25. The molecule has 2 rings (SSSR count). The molecule has 0 atom stereocenters. The number of aldehydes is 1. The van der Waals surface area contributed by atoms with Gasteiger partial charge in [0.1, 0.15) is 0 Å². The zero-order valence-corrected chi connectivity index (χ0v) is 13.2. The van der Waals surface area contributed by atoms with Gasteiger partial charge in [0.25, 0.3) is 0 Å². The van der Waals surface area contributed by atoms with Crippen molar-refractivity contribution in [2.45, 2.75) is 6.92 Å². The first-order valence-electron chi connectivity index (χ1n) is 6.40. The van der Waals surface area contributed by atoms with Crippen LogP contribution in [0.3, 0.4) is 0 Å². The van der Waals surface area contributed by atoms with Gasteiger partial charge in [-0.05, 0) is 30.7 Å². The molecule has 2 aromatic rings. The molecule has 3 nitrogen and oxygen atoms in total. The Morgan fingerprint density at radius 3 is 2.45 bits per heavy atom. The molecule has 2 aromatic carbocycles. The van der Waals surface area contributed by atoms with E-state index >= 15 is 0 Å². The normalized spacial score (nSPS) is 10.7. The van der Waals surface area contributed by atoms with E-state index in [1.54, 1.807) is 6.08 Å². The van der Waals surface area contributed by atoms with Crippen molar-refractivity contribution in [1.82, 2.24) is 0 Å². The van der Waals surface area contributed by atoms with Crippen molar-refractivity contribution in [1.29, 1.82) is 0 Å². The molecular weight excluding hydrogens is 323 g/mol. The van der Waals surface area contributed by atoms with E-state index < -0.39 is 5.97 Å². The minimum absolute atomic E-state index is 0.000349. The third-order valence-corrected chi connectivity index (χ3v) is 3.35. The largest absolute Gasteiger partial charge is 0.421 e. The number of halogens is 2. The number of ether oxygens (including phenoxy) is 1. The van der Waals surface area contributed by atoms with Gasteiger partial charge in [-0.3, -0.25) is 4.79 Å². The molecular formula is C17H12Cl2O3. The van der Waals surface area contributed by atoms with E-state index in [2.05, 4.69) is 0 Å². The minimum atomic E-state index is -0.632. The maximum atomic E-state index is 11.8. The molecule has 0 heterocycles. The van der Waals surface area contributed by atoms with Crippen molar-refractivity contribution in [3.63, 3.8) is 0 Å². The summed E-state index contributed by atoms with van der Waals surface area (Å²) in [5.74, 6) is -0.632. The van der Waals surface area contributed by atoms with Crippen LogP contribution in [0.1, 0.15) is 21.5 Å². The molecule has 0 amide bonds. The van der Waals surface area contributed by atoms with E-state index in [0.717, 1.165) is 11.1 Å². The van der Waals surface area contributed by atoms with Gasteiger partial charge < -0.3 is 4.74 Å². The molecule has 5 heteroatoms. The number of carbonyl (C=O) groups excluding carboxylic acids is 2. The van der Waals surface area contributed by atoms with Crippen molar-refractivity contribution in [2.75, 3.05) is 0 Å². The molecule has 0 bridgehead atoms. The third-order valence-electron chi connectivity index (χ3n) is 2.86. The van der Waals surface area contributed by atoms with Crippen LogP contribution in [0.15, 0.2) is 42.5 Å². The van der Waals surface area contributed by atoms with E-state index in [4.69, 9.17) is 27.9 Å². The summed E-state index contributed by atoms with van der Waals surface area (Å²) >= 11 is 11.7. The van der Waals surface area contributed by atoms with Crippen LogP contribution in [-0.4, -0.2) is 12.3 Å². The molecule has 0 N–H and O–H groups in total. The summed E-state index contributed by atoms with van der Waals surface area (Å²) in [6.45, 7) is 1.98. The molecule has 0 spiro atoms. The van der Waals surface area contributed by atoms with Gasteiger partial charge in [0.2, 0.25) is 0 Å². The second-order valence-corrected chi connectivity index (χ2v) is 5.43. The van der Waals surface area contributed by atoms with Gasteiger partial charge in [-0.15, -0.1) is 0 Å². The lowest BCUT2D eigenvalue weighted by molar-refractivity contribution is -0.128. The highest BCUT2D eigenvalue weighted by Gasteiger charge is 2.13. The van der Waals surface area contributed by atoms with Crippen LogP contribution >= 0.6 is 23.2 Å². The van der Waals surface area contributed by atoms with E-state index in [1.807, 2.05) is 31.2 Å². The minimum Gasteiger partial charge on any atom is -0.421 e. The van der Waals surface area contributed by atoms with Crippen LogP contribution in [0.4, 0.5) is 0 Å². The van der Waals surface area contributed by atoms with E-state index in [0.29, 0.717) is 11.3 Å². The number of aryl methyl sites for hydroxylation is 1. The SMILES string of the molecule is Cc1ccc(/C=C/C(=O)Oc2c(Cl)cc(Cl)cc2C=O)cc1. The summed E-state index contributed by atoms with van der Waals surface area (Å²) in [7, 11) is 0. The lowest BCUT2D eigenvalue weighted by atomic mass is 10.1. The molecule has 0 fully saturated rings. The molecule has 0 aliphatic heterocycles. The van der Waals surface area contributed by atoms with Gasteiger partial charge in [-0.2, -0.15) is 0 Å². The number of rotatable bonds is 4. The van der Waals surface area contributed by atoms with Crippen molar-refractivity contribution in [3.05, 3.63) is 69.2 Å². The second-order valence-electron chi connectivity index (χ2n) is 4.59. The Labute approximate surface area is 138 Å². The van der Waals surface area contributed by atoms with Gasteiger partial charge in [0.15, 0.2) is 12.0 Å². The quantitative estimate of drug-likeness (QED) is 0.351. The first-order chi connectivity index (χ1) is 10.5. The average Bonchev–Trinajstić information content (AvgIpc) is 2.49. The lowest BCUT2D eigenvalue weighted by Gasteiger charge is -2.07. The van der Waals surface area contributed by atoms with Crippen LogP contribution < -0.4 is 4.74 Å². The number of carbonyl (C=O) groups is 2. The maximum Gasteiger partial charge on any atom is 0.336 e. The van der Waals surface area contributed by atoms with Crippen molar-refractivity contribution >= 4 is 41.5 Å². The first-order valence-corrected chi connectivity index (χ1v) is 7.16. The Morgan fingerprint density at radius 1 is 1.14 bits per heavy atom. The van der Waals surface area contributed by atoms with Crippen LogP contribution in [0, 0.1) is 6.92 Å². The Kier molecular flexibility index (Phi) is 5.36. The van der Waals surface area contributed by atoms with Crippen LogP contribution in [0.5, 0.6) is 5.75 Å². The Morgan fingerprint density at radius 2 is 1.82 bits per heavy atom. The molecule has 0 radical (unpaired) electrons. The summed E-state index contributed by atoms with van der Waals surface area (Å²) in [5, 5.41) is 0.397. The fraction of sp³-hybridized carbons (Fsp3) is 0.0588. The summed E-state index contributed by atoms with van der Waals surface area (Å²) in [5.41, 5.74) is 2.11. The summed E-state index contributed by atoms with van der Waals surface area (Å²) in [6.07, 6.45) is 3.42. The van der Waals surface area contributed by atoms with Crippen molar-refractivity contribution in [3.8, 4) is 5.75 Å². The topological polar surface area (TPSA) is 43.4 Å². The van der Waals surface area contributed by atoms with Crippen LogP contribution in [0.2, 0.25) is 10.0 Å². The first kappa shape index (κ1) is 16.3. The zero-order valence-electron chi connectivity index (χ0n) is 11.7. The molecule has 0 aliphatic rings. The summed E-state index contributed by atoms with van der Waals surface area (Å²) in [4.78, 5) is 22.8. The Hall–Kier alpha value is -2.10. The highest BCUT2D eigenvalue weighted by atomic mass is 35.5. The van der Waals surface area contributed by atoms with E-state index in [1.165, 1.54) is 18.2 Å². The highest BCUT2D eigenvalue weighted by Crippen LogP contribution is 2.31. The summed E-state index contributed by atoms with van der Waals surface area (Å²) < 4.78 is 5.12. The number of hydrogen-bond donors (Lipinski definition) is 0. The molecule has 22 heavy (non-hydrogen) atoms. The predicted octanol–water partition coefficient (Wildman–Crippen LogP) is 4.73. The van der Waals surface area contributed by atoms with E-state index in [9.17, 15) is 9.59 Å². The third kappa shape index (κ3) is 4.20. The van der Waals surface area contributed by atoms with Crippen molar-refractivity contribution in [2.24, 2.45) is 0 Å². The Balaban J connectivity index is 2.15. The standard InChI is InChI=1S/C17H12Cl2O3/c1-11-2-4-12(5-3-11)6-7-16(21)22-17-13(10-20)8-14(18)9-15(17)19/h2-10H,1H3/b7-6+. The van der Waals surface area contributed by atoms with Crippen molar-refractivity contribution < 1.29 is 14.3 Å². The molecule has 0 aliphatic carbocycles. The predicted molar refractivity (Wildman–Crippen MR) is 87.7 cm³/mol. The smallest absolute Gasteiger partial charge is 0.336 e. The fourth-order valence-electron chi connectivity index (χ4n) is 1.75. The van der Waals surface area contributed by atoms with Crippen LogP contribution in [0.25, 0.3) is 6.08 Å². The van der Waals surface area contributed by atoms with Gasteiger partial charge in [-0.1, -0.05) is 53.0 Å². The van der Waals surface area contributed by atoms with Gasteiger partial charge in [0.05, 0.1) is 10.6 Å². The van der Waals surface area contributed by atoms with Gasteiger partial charge >= 0.3 is 5.97 Å². The number of hydrogen-bond acceptors (Lipinski definition) is 3. The average molecular weight is 335 g/mol. The summed E-state index contributed by atoms with van der Waals surface area (Å²) in [6, 6.07) is 10.4.